The number of rotatable bonds is 5. The molecule has 138 valence electrons. The van der Waals surface area contributed by atoms with Crippen LogP contribution in [0.4, 0.5) is 4.39 Å². The van der Waals surface area contributed by atoms with Crippen LogP contribution in [-0.4, -0.2) is 31.0 Å². The van der Waals surface area contributed by atoms with Crippen LogP contribution >= 0.6 is 0 Å². The van der Waals surface area contributed by atoms with Gasteiger partial charge in [-0.25, -0.2) is 4.39 Å². The molecule has 0 atom stereocenters. The summed E-state index contributed by atoms with van der Waals surface area (Å²) in [6.07, 6.45) is 4.20. The molecule has 0 radical (unpaired) electrons. The molecule has 1 saturated heterocycles. The van der Waals surface area contributed by atoms with Crippen molar-refractivity contribution in [1.82, 2.24) is 4.90 Å². The molecule has 1 fully saturated rings. The van der Waals surface area contributed by atoms with Crippen molar-refractivity contribution in [3.05, 3.63) is 65.0 Å². The lowest BCUT2D eigenvalue weighted by Crippen LogP contribution is -2.38. The second kappa shape index (κ2) is 8.35. The molecule has 0 aliphatic carbocycles. The SMILES string of the molecule is COc1ccc(CCC2CCN(C(=O)c3cc(F)ccc3C)CC2)cc1. The van der Waals surface area contributed by atoms with Gasteiger partial charge in [-0.15, -0.1) is 0 Å². The van der Waals surface area contributed by atoms with Crippen molar-refractivity contribution in [3.63, 3.8) is 0 Å². The lowest BCUT2D eigenvalue weighted by Gasteiger charge is -2.32. The van der Waals surface area contributed by atoms with Crippen LogP contribution in [0.25, 0.3) is 0 Å². The Kier molecular flexibility index (Phi) is 5.92. The van der Waals surface area contributed by atoms with E-state index in [0.717, 1.165) is 50.1 Å². The maximum absolute atomic E-state index is 13.5. The Morgan fingerprint density at radius 1 is 1.15 bits per heavy atom. The number of amides is 1. The first kappa shape index (κ1) is 18.4. The van der Waals surface area contributed by atoms with Crippen LogP contribution < -0.4 is 4.74 Å². The van der Waals surface area contributed by atoms with Crippen LogP contribution in [-0.2, 0) is 6.42 Å². The van der Waals surface area contributed by atoms with Crippen molar-refractivity contribution in [1.29, 1.82) is 0 Å². The number of carbonyl (C=O) groups is 1. The zero-order valence-corrected chi connectivity index (χ0v) is 15.5. The first-order valence-corrected chi connectivity index (χ1v) is 9.25. The van der Waals surface area contributed by atoms with E-state index in [0.29, 0.717) is 11.5 Å². The maximum Gasteiger partial charge on any atom is 0.254 e. The highest BCUT2D eigenvalue weighted by Crippen LogP contribution is 2.25. The summed E-state index contributed by atoms with van der Waals surface area (Å²) in [4.78, 5) is 14.5. The molecule has 3 nitrogen and oxygen atoms in total. The zero-order chi connectivity index (χ0) is 18.5. The van der Waals surface area contributed by atoms with E-state index >= 15 is 0 Å². The van der Waals surface area contributed by atoms with Gasteiger partial charge in [-0.05, 0) is 73.9 Å². The normalized spacial score (nSPS) is 15.1. The summed E-state index contributed by atoms with van der Waals surface area (Å²) in [5.41, 5.74) is 2.64. The molecule has 0 aromatic heterocycles. The molecule has 0 N–H and O–H groups in total. The minimum absolute atomic E-state index is 0.0457. The topological polar surface area (TPSA) is 29.5 Å². The second-order valence-electron chi connectivity index (χ2n) is 7.08. The van der Waals surface area contributed by atoms with E-state index in [-0.39, 0.29) is 11.7 Å². The van der Waals surface area contributed by atoms with E-state index in [4.69, 9.17) is 4.74 Å². The number of piperidine rings is 1. The molecule has 3 rings (SSSR count). The summed E-state index contributed by atoms with van der Waals surface area (Å²) >= 11 is 0. The van der Waals surface area contributed by atoms with E-state index in [1.807, 2.05) is 24.0 Å². The minimum atomic E-state index is -0.353. The van der Waals surface area contributed by atoms with Gasteiger partial charge >= 0.3 is 0 Å². The van der Waals surface area contributed by atoms with Gasteiger partial charge in [-0.2, -0.15) is 0 Å². The molecule has 1 aliphatic heterocycles. The summed E-state index contributed by atoms with van der Waals surface area (Å²) in [7, 11) is 1.68. The predicted octanol–water partition coefficient (Wildman–Crippen LogP) is 4.63. The molecule has 4 heteroatoms. The minimum Gasteiger partial charge on any atom is -0.497 e. The van der Waals surface area contributed by atoms with E-state index < -0.39 is 0 Å². The average Bonchev–Trinajstić information content (AvgIpc) is 2.68. The van der Waals surface area contributed by atoms with Gasteiger partial charge in [-0.1, -0.05) is 18.2 Å². The van der Waals surface area contributed by atoms with Crippen molar-refractivity contribution in [2.45, 2.75) is 32.6 Å². The molecule has 0 spiro atoms. The monoisotopic (exact) mass is 355 g/mol. The number of ether oxygens (including phenoxy) is 1. The van der Waals surface area contributed by atoms with Crippen molar-refractivity contribution >= 4 is 5.91 Å². The number of aryl methyl sites for hydroxylation is 2. The van der Waals surface area contributed by atoms with Gasteiger partial charge in [0.2, 0.25) is 0 Å². The lowest BCUT2D eigenvalue weighted by molar-refractivity contribution is 0.0685. The van der Waals surface area contributed by atoms with Gasteiger partial charge in [-0.3, -0.25) is 4.79 Å². The van der Waals surface area contributed by atoms with Gasteiger partial charge in [0.1, 0.15) is 11.6 Å². The summed E-state index contributed by atoms with van der Waals surface area (Å²) in [5.74, 6) is 1.12. The van der Waals surface area contributed by atoms with Gasteiger partial charge in [0.15, 0.2) is 0 Å². The van der Waals surface area contributed by atoms with Crippen LogP contribution in [0.15, 0.2) is 42.5 Å². The highest BCUT2D eigenvalue weighted by atomic mass is 19.1. The molecule has 1 amide bonds. The average molecular weight is 355 g/mol. The zero-order valence-electron chi connectivity index (χ0n) is 15.5. The summed E-state index contributed by atoms with van der Waals surface area (Å²) in [6, 6.07) is 12.7. The number of likely N-dealkylation sites (tertiary alicyclic amines) is 1. The highest BCUT2D eigenvalue weighted by molar-refractivity contribution is 5.95. The van der Waals surface area contributed by atoms with E-state index in [9.17, 15) is 9.18 Å². The van der Waals surface area contributed by atoms with E-state index in [2.05, 4.69) is 12.1 Å². The largest absolute Gasteiger partial charge is 0.497 e. The number of benzene rings is 2. The Hall–Kier alpha value is -2.36. The maximum atomic E-state index is 13.5. The molecule has 2 aromatic carbocycles. The molecule has 0 bridgehead atoms. The third kappa shape index (κ3) is 4.43. The number of hydrogen-bond acceptors (Lipinski definition) is 2. The first-order chi connectivity index (χ1) is 12.6. The molecular formula is C22H26FNO2. The molecule has 2 aromatic rings. The first-order valence-electron chi connectivity index (χ1n) is 9.25. The number of hydrogen-bond donors (Lipinski definition) is 0. The highest BCUT2D eigenvalue weighted by Gasteiger charge is 2.24. The quantitative estimate of drug-likeness (QED) is 0.783. The Bertz CT molecular complexity index is 749. The molecular weight excluding hydrogens is 329 g/mol. The van der Waals surface area contributed by atoms with Gasteiger partial charge in [0.05, 0.1) is 7.11 Å². The molecule has 26 heavy (non-hydrogen) atoms. The third-order valence-electron chi connectivity index (χ3n) is 5.33. The smallest absolute Gasteiger partial charge is 0.254 e. The number of methoxy groups -OCH3 is 1. The Labute approximate surface area is 154 Å². The van der Waals surface area contributed by atoms with Crippen LogP contribution in [0, 0.1) is 18.7 Å². The molecule has 1 heterocycles. The molecule has 1 aliphatic rings. The number of nitrogens with zero attached hydrogens (tertiary/aromatic N) is 1. The number of carbonyl (C=O) groups excluding carboxylic acids is 1. The van der Waals surface area contributed by atoms with E-state index in [1.54, 1.807) is 13.2 Å². The second-order valence-corrected chi connectivity index (χ2v) is 7.08. The standard InChI is InChI=1S/C22H26FNO2/c1-16-3-8-19(23)15-21(16)22(25)24-13-11-18(12-14-24)5-4-17-6-9-20(26-2)10-7-17/h3,6-10,15,18H,4-5,11-14H2,1-2H3. The Morgan fingerprint density at radius 3 is 2.50 bits per heavy atom. The van der Waals surface area contributed by atoms with Gasteiger partial charge in [0, 0.05) is 18.7 Å². The van der Waals surface area contributed by atoms with Crippen molar-refractivity contribution in [2.24, 2.45) is 5.92 Å². The molecule has 0 unspecified atom stereocenters. The van der Waals surface area contributed by atoms with Crippen molar-refractivity contribution in [3.8, 4) is 5.75 Å². The molecule has 0 saturated carbocycles. The van der Waals surface area contributed by atoms with Crippen molar-refractivity contribution < 1.29 is 13.9 Å². The third-order valence-corrected chi connectivity index (χ3v) is 5.33. The fraction of sp³-hybridized carbons (Fsp3) is 0.409. The van der Waals surface area contributed by atoms with Crippen molar-refractivity contribution in [2.75, 3.05) is 20.2 Å². The predicted molar refractivity (Wildman–Crippen MR) is 101 cm³/mol. The fourth-order valence-electron chi connectivity index (χ4n) is 3.58. The van der Waals surface area contributed by atoms with Crippen LogP contribution in [0.5, 0.6) is 5.75 Å². The van der Waals surface area contributed by atoms with Crippen LogP contribution in [0.1, 0.15) is 40.7 Å². The lowest BCUT2D eigenvalue weighted by atomic mass is 9.90. The van der Waals surface area contributed by atoms with Crippen LogP contribution in [0.3, 0.4) is 0 Å². The summed E-state index contributed by atoms with van der Waals surface area (Å²) < 4.78 is 18.7. The van der Waals surface area contributed by atoms with Gasteiger partial charge in [0.25, 0.3) is 5.91 Å². The van der Waals surface area contributed by atoms with Crippen LogP contribution in [0.2, 0.25) is 0 Å². The fourth-order valence-corrected chi connectivity index (χ4v) is 3.58. The summed E-state index contributed by atoms with van der Waals surface area (Å²) in [5, 5.41) is 0. The van der Waals surface area contributed by atoms with E-state index in [1.165, 1.54) is 17.7 Å². The summed E-state index contributed by atoms with van der Waals surface area (Å²) in [6.45, 7) is 3.36. The van der Waals surface area contributed by atoms with Gasteiger partial charge < -0.3 is 9.64 Å². The Balaban J connectivity index is 1.50. The Morgan fingerprint density at radius 2 is 1.85 bits per heavy atom. The number of halogens is 1.